The molecule has 0 rings (SSSR count). The van der Waals surface area contributed by atoms with Crippen LogP contribution in [0.15, 0.2) is 0 Å². The topological polar surface area (TPSA) is 38.7 Å². The minimum Gasteiger partial charge on any atom is -0.343 e. The molecule has 0 aromatic carbocycles. The molecule has 1 unspecified atom stereocenters. The van der Waals surface area contributed by atoms with Gasteiger partial charge in [-0.15, -0.1) is 0 Å². The monoisotopic (exact) mass is 162 g/mol. The van der Waals surface area contributed by atoms with Crippen LogP contribution in [0.5, 0.6) is 0 Å². The Balaban J connectivity index is 3.51. The quantitative estimate of drug-likeness (QED) is 0.475. The second-order valence-corrected chi connectivity index (χ2v) is 2.47. The van der Waals surface area contributed by atoms with E-state index in [1.54, 1.807) is 0 Å². The van der Waals surface area contributed by atoms with Crippen LogP contribution in [0.3, 0.4) is 0 Å². The summed E-state index contributed by atoms with van der Waals surface area (Å²) in [6, 6.07) is 0. The van der Waals surface area contributed by atoms with Gasteiger partial charge >= 0.3 is 0 Å². The molecular formula is C8H18O3. The third kappa shape index (κ3) is 4.35. The molecule has 0 saturated carbocycles. The standard InChI is InChI=1S/C8H18O3/c1-4-6-7-11-8(9,5-2)10-3/h9H,4-7H2,1-3H3. The van der Waals surface area contributed by atoms with Crippen molar-refractivity contribution in [3.8, 4) is 0 Å². The second kappa shape index (κ2) is 5.52. The van der Waals surface area contributed by atoms with Crippen molar-refractivity contribution < 1.29 is 14.6 Å². The summed E-state index contributed by atoms with van der Waals surface area (Å²) in [5, 5.41) is 9.41. The zero-order valence-corrected chi connectivity index (χ0v) is 7.59. The molecule has 1 atom stereocenters. The van der Waals surface area contributed by atoms with E-state index in [1.807, 2.05) is 6.92 Å². The first-order valence-corrected chi connectivity index (χ1v) is 4.10. The molecule has 0 bridgehead atoms. The highest BCUT2D eigenvalue weighted by atomic mass is 16.8. The van der Waals surface area contributed by atoms with Gasteiger partial charge in [-0.1, -0.05) is 20.3 Å². The first kappa shape index (κ1) is 10.9. The summed E-state index contributed by atoms with van der Waals surface area (Å²) in [4.78, 5) is 0. The molecule has 0 aromatic rings. The molecule has 1 N–H and O–H groups in total. The van der Waals surface area contributed by atoms with Crippen molar-refractivity contribution in [2.75, 3.05) is 13.7 Å². The molecule has 0 aliphatic heterocycles. The molecule has 11 heavy (non-hydrogen) atoms. The highest BCUT2D eigenvalue weighted by Crippen LogP contribution is 2.12. The van der Waals surface area contributed by atoms with Crippen LogP contribution in [0, 0.1) is 0 Å². The fourth-order valence-corrected chi connectivity index (χ4v) is 0.681. The smallest absolute Gasteiger partial charge is 0.279 e. The maximum absolute atomic E-state index is 9.41. The number of ether oxygens (including phenoxy) is 2. The van der Waals surface area contributed by atoms with Crippen LogP contribution >= 0.6 is 0 Å². The Kier molecular flexibility index (Phi) is 5.46. The van der Waals surface area contributed by atoms with E-state index in [0.717, 1.165) is 12.8 Å². The van der Waals surface area contributed by atoms with Gasteiger partial charge in [-0.25, -0.2) is 0 Å². The molecule has 0 heterocycles. The summed E-state index contributed by atoms with van der Waals surface area (Å²) in [6.45, 7) is 4.44. The molecule has 0 saturated heterocycles. The van der Waals surface area contributed by atoms with Crippen LogP contribution in [0.25, 0.3) is 0 Å². The molecule has 0 amide bonds. The minimum atomic E-state index is -1.37. The van der Waals surface area contributed by atoms with Gasteiger partial charge in [-0.05, 0) is 6.42 Å². The van der Waals surface area contributed by atoms with Crippen molar-refractivity contribution in [3.05, 3.63) is 0 Å². The second-order valence-electron chi connectivity index (χ2n) is 2.47. The number of unbranched alkanes of at least 4 members (excludes halogenated alkanes) is 1. The Labute approximate surface area is 68.3 Å². The van der Waals surface area contributed by atoms with Crippen LogP contribution < -0.4 is 0 Å². The van der Waals surface area contributed by atoms with E-state index in [4.69, 9.17) is 9.47 Å². The number of methoxy groups -OCH3 is 1. The number of aliphatic hydroxyl groups is 1. The lowest BCUT2D eigenvalue weighted by Crippen LogP contribution is -2.33. The Morgan fingerprint density at radius 3 is 2.36 bits per heavy atom. The van der Waals surface area contributed by atoms with Crippen molar-refractivity contribution in [1.82, 2.24) is 0 Å². The van der Waals surface area contributed by atoms with Gasteiger partial charge in [0.15, 0.2) is 0 Å². The lowest BCUT2D eigenvalue weighted by atomic mass is 10.3. The van der Waals surface area contributed by atoms with Crippen molar-refractivity contribution >= 4 is 0 Å². The summed E-state index contributed by atoms with van der Waals surface area (Å²) >= 11 is 0. The van der Waals surface area contributed by atoms with Gasteiger partial charge < -0.3 is 14.6 Å². The zero-order valence-electron chi connectivity index (χ0n) is 7.59. The molecule has 0 aliphatic carbocycles. The Bertz CT molecular complexity index is 89.3. The number of hydrogen-bond acceptors (Lipinski definition) is 3. The van der Waals surface area contributed by atoms with Crippen molar-refractivity contribution in [1.29, 1.82) is 0 Å². The summed E-state index contributed by atoms with van der Waals surface area (Å²) in [5.41, 5.74) is 0. The van der Waals surface area contributed by atoms with E-state index >= 15 is 0 Å². The van der Waals surface area contributed by atoms with E-state index in [-0.39, 0.29) is 0 Å². The molecule has 3 heteroatoms. The van der Waals surface area contributed by atoms with Crippen LogP contribution in [-0.2, 0) is 9.47 Å². The summed E-state index contributed by atoms with van der Waals surface area (Å²) in [7, 11) is 1.44. The van der Waals surface area contributed by atoms with E-state index in [9.17, 15) is 5.11 Å². The minimum absolute atomic E-state index is 0.452. The maximum atomic E-state index is 9.41. The number of rotatable bonds is 6. The predicted molar refractivity (Wildman–Crippen MR) is 43.1 cm³/mol. The molecule has 0 radical (unpaired) electrons. The maximum Gasteiger partial charge on any atom is 0.279 e. The normalized spacial score (nSPS) is 16.4. The van der Waals surface area contributed by atoms with Gasteiger partial charge in [0.1, 0.15) is 0 Å². The lowest BCUT2D eigenvalue weighted by molar-refractivity contribution is -0.351. The van der Waals surface area contributed by atoms with Crippen LogP contribution in [-0.4, -0.2) is 24.8 Å². The third-order valence-electron chi connectivity index (χ3n) is 1.59. The van der Waals surface area contributed by atoms with Crippen molar-refractivity contribution in [3.63, 3.8) is 0 Å². The molecule has 0 aromatic heterocycles. The first-order valence-electron chi connectivity index (χ1n) is 4.10. The van der Waals surface area contributed by atoms with E-state index in [0.29, 0.717) is 13.0 Å². The third-order valence-corrected chi connectivity index (χ3v) is 1.59. The zero-order chi connectivity index (χ0) is 8.74. The molecule has 0 fully saturated rings. The largest absolute Gasteiger partial charge is 0.343 e. The van der Waals surface area contributed by atoms with Crippen LogP contribution in [0.4, 0.5) is 0 Å². The highest BCUT2D eigenvalue weighted by molar-refractivity contribution is 4.48. The van der Waals surface area contributed by atoms with Gasteiger partial charge in [0.2, 0.25) is 0 Å². The molecular weight excluding hydrogens is 144 g/mol. The van der Waals surface area contributed by atoms with Crippen molar-refractivity contribution in [2.24, 2.45) is 0 Å². The van der Waals surface area contributed by atoms with E-state index in [2.05, 4.69) is 6.92 Å². The average Bonchev–Trinajstić information content (AvgIpc) is 2.05. The first-order chi connectivity index (χ1) is 5.18. The van der Waals surface area contributed by atoms with Crippen molar-refractivity contribution in [2.45, 2.75) is 39.1 Å². The molecule has 0 spiro atoms. The van der Waals surface area contributed by atoms with Crippen LogP contribution in [0.1, 0.15) is 33.1 Å². The van der Waals surface area contributed by atoms with Gasteiger partial charge in [-0.3, -0.25) is 0 Å². The predicted octanol–water partition coefficient (Wildman–Crippen LogP) is 1.51. The Morgan fingerprint density at radius 1 is 1.36 bits per heavy atom. The van der Waals surface area contributed by atoms with Gasteiger partial charge in [-0.2, -0.15) is 0 Å². The summed E-state index contributed by atoms with van der Waals surface area (Å²) in [5.74, 6) is -1.37. The Hall–Kier alpha value is -0.120. The molecule has 3 nitrogen and oxygen atoms in total. The highest BCUT2D eigenvalue weighted by Gasteiger charge is 2.23. The van der Waals surface area contributed by atoms with Gasteiger partial charge in [0.05, 0.1) is 6.61 Å². The van der Waals surface area contributed by atoms with Gasteiger partial charge in [0.25, 0.3) is 5.97 Å². The summed E-state index contributed by atoms with van der Waals surface area (Å²) in [6.07, 6.45) is 2.46. The fourth-order valence-electron chi connectivity index (χ4n) is 0.681. The SMILES string of the molecule is CCCCOC(O)(CC)OC. The fraction of sp³-hybridized carbons (Fsp3) is 1.00. The average molecular weight is 162 g/mol. The summed E-state index contributed by atoms with van der Waals surface area (Å²) < 4.78 is 9.87. The molecule has 0 aliphatic rings. The Morgan fingerprint density at radius 2 is 2.00 bits per heavy atom. The van der Waals surface area contributed by atoms with Crippen LogP contribution in [0.2, 0.25) is 0 Å². The van der Waals surface area contributed by atoms with E-state index < -0.39 is 5.97 Å². The molecule has 68 valence electrons. The van der Waals surface area contributed by atoms with Gasteiger partial charge in [0, 0.05) is 13.5 Å². The van der Waals surface area contributed by atoms with E-state index in [1.165, 1.54) is 7.11 Å². The lowest BCUT2D eigenvalue weighted by Gasteiger charge is -2.24. The number of hydrogen-bond donors (Lipinski definition) is 1.